The fourth-order valence-corrected chi connectivity index (χ4v) is 5.89. The van der Waals surface area contributed by atoms with Gasteiger partial charge >= 0.3 is 5.97 Å². The van der Waals surface area contributed by atoms with E-state index in [1.54, 1.807) is 48.9 Å². The van der Waals surface area contributed by atoms with Crippen molar-refractivity contribution in [1.82, 2.24) is 4.57 Å². The number of hydrogen-bond acceptors (Lipinski definition) is 7. The van der Waals surface area contributed by atoms with Crippen molar-refractivity contribution in [3.05, 3.63) is 87.4 Å². The Hall–Kier alpha value is -2.69. The highest BCUT2D eigenvalue weighted by Crippen LogP contribution is 2.38. The number of fused-ring (bicyclic) bond motifs is 1. The van der Waals surface area contributed by atoms with E-state index in [-0.39, 0.29) is 17.9 Å². The Balaban J connectivity index is 2.05. The number of thiazole rings is 1. The largest absolute Gasteiger partial charge is 0.507 e. The number of phenolic OH excluding ortho intramolecular Hbond substituents is 1. The number of hydrogen-bond donors (Lipinski definition) is 1. The molecule has 1 aromatic heterocycles. The van der Waals surface area contributed by atoms with Crippen LogP contribution in [0.15, 0.2) is 66.4 Å². The summed E-state index contributed by atoms with van der Waals surface area (Å²) in [6, 6.07) is 9.73. The van der Waals surface area contributed by atoms with Crippen molar-refractivity contribution in [3.63, 3.8) is 0 Å². The standard InChI is InChI=1S/C26H24Br2N2O5S/c1-4-6-18-22(25(33)35-5-2)23(16-13-15(27)8-10-20(16)34-3)30-24(32)21(36-26(30)29-18)12-14-7-9-19(31)17(28)11-14/h7-13,23,31H,4-6H2,1-3H3/b21-12+/t23-/m0/s1. The molecular formula is C26H24Br2N2O5S. The Morgan fingerprint density at radius 2 is 2.00 bits per heavy atom. The number of carbonyl (C=O) groups is 1. The van der Waals surface area contributed by atoms with E-state index in [9.17, 15) is 14.7 Å². The Bertz CT molecular complexity index is 1540. The summed E-state index contributed by atoms with van der Waals surface area (Å²) < 4.78 is 14.4. The monoisotopic (exact) mass is 634 g/mol. The molecule has 0 saturated heterocycles. The molecule has 4 rings (SSSR count). The molecule has 0 spiro atoms. The van der Waals surface area contributed by atoms with Crippen molar-refractivity contribution in [3.8, 4) is 11.5 Å². The third-order valence-corrected chi connectivity index (χ3v) is 7.76. The van der Waals surface area contributed by atoms with Gasteiger partial charge in [-0.15, -0.1) is 0 Å². The van der Waals surface area contributed by atoms with Gasteiger partial charge in [-0.2, -0.15) is 0 Å². The summed E-state index contributed by atoms with van der Waals surface area (Å²) in [6.45, 7) is 3.96. The maximum Gasteiger partial charge on any atom is 0.338 e. The van der Waals surface area contributed by atoms with Crippen LogP contribution in [-0.4, -0.2) is 29.4 Å². The third-order valence-electron chi connectivity index (χ3n) is 5.65. The van der Waals surface area contributed by atoms with E-state index in [2.05, 4.69) is 31.9 Å². The van der Waals surface area contributed by atoms with Crippen LogP contribution in [0.25, 0.3) is 6.08 Å². The SMILES string of the molecule is CCCC1=C(C(=O)OCC)[C@H](c2cc(Br)ccc2OC)n2c(s/c(=C/c3ccc(O)c(Br)c3)c2=O)=N1. The first-order valence-corrected chi connectivity index (χ1v) is 13.7. The first-order chi connectivity index (χ1) is 17.3. The number of phenols is 1. The molecule has 188 valence electrons. The van der Waals surface area contributed by atoms with Crippen LogP contribution in [0, 0.1) is 0 Å². The average Bonchev–Trinajstić information content (AvgIpc) is 3.15. The van der Waals surface area contributed by atoms with E-state index in [0.29, 0.717) is 42.8 Å². The molecule has 3 aromatic rings. The van der Waals surface area contributed by atoms with Crippen molar-refractivity contribution >= 4 is 55.2 Å². The zero-order valence-electron chi connectivity index (χ0n) is 19.9. The van der Waals surface area contributed by atoms with E-state index in [1.165, 1.54) is 11.3 Å². The molecule has 0 aliphatic carbocycles. The fraction of sp³-hybridized carbons (Fsp3) is 0.269. The van der Waals surface area contributed by atoms with Gasteiger partial charge in [0.1, 0.15) is 17.5 Å². The zero-order chi connectivity index (χ0) is 26.0. The van der Waals surface area contributed by atoms with Crippen LogP contribution in [0.4, 0.5) is 0 Å². The molecule has 10 heteroatoms. The summed E-state index contributed by atoms with van der Waals surface area (Å²) in [5, 5.41) is 9.83. The smallest absolute Gasteiger partial charge is 0.338 e. The summed E-state index contributed by atoms with van der Waals surface area (Å²) in [7, 11) is 1.56. The lowest BCUT2D eigenvalue weighted by molar-refractivity contribution is -0.139. The molecule has 0 saturated carbocycles. The number of aromatic hydroxyl groups is 1. The molecule has 36 heavy (non-hydrogen) atoms. The van der Waals surface area contributed by atoms with E-state index in [1.807, 2.05) is 19.1 Å². The maximum atomic E-state index is 13.8. The molecule has 0 unspecified atom stereocenters. The topological polar surface area (TPSA) is 90.1 Å². The summed E-state index contributed by atoms with van der Waals surface area (Å²) in [5.41, 5.74) is 2.04. The lowest BCUT2D eigenvalue weighted by Crippen LogP contribution is -2.40. The minimum absolute atomic E-state index is 0.110. The van der Waals surface area contributed by atoms with Gasteiger partial charge in [0, 0.05) is 10.0 Å². The molecule has 1 aliphatic heterocycles. The summed E-state index contributed by atoms with van der Waals surface area (Å²) in [6.07, 6.45) is 3.06. The summed E-state index contributed by atoms with van der Waals surface area (Å²) in [4.78, 5) is 32.4. The molecule has 0 amide bonds. The highest BCUT2D eigenvalue weighted by atomic mass is 79.9. The highest BCUT2D eigenvalue weighted by Gasteiger charge is 2.36. The molecular weight excluding hydrogens is 612 g/mol. The van der Waals surface area contributed by atoms with Gasteiger partial charge in [0.2, 0.25) is 0 Å². The second kappa shape index (κ2) is 11.1. The van der Waals surface area contributed by atoms with Gasteiger partial charge in [-0.3, -0.25) is 9.36 Å². The predicted octanol–water partition coefficient (Wildman–Crippen LogP) is 4.82. The van der Waals surface area contributed by atoms with E-state index in [4.69, 9.17) is 14.5 Å². The summed E-state index contributed by atoms with van der Waals surface area (Å²) >= 11 is 8.09. The van der Waals surface area contributed by atoms with Gasteiger partial charge in [-0.25, -0.2) is 9.79 Å². The minimum Gasteiger partial charge on any atom is -0.507 e. The lowest BCUT2D eigenvalue weighted by Gasteiger charge is -2.27. The summed E-state index contributed by atoms with van der Waals surface area (Å²) in [5.74, 6) is 0.145. The lowest BCUT2D eigenvalue weighted by atomic mass is 9.93. The fourth-order valence-electron chi connectivity index (χ4n) is 4.10. The number of methoxy groups -OCH3 is 1. The van der Waals surface area contributed by atoms with Crippen molar-refractivity contribution < 1.29 is 19.4 Å². The van der Waals surface area contributed by atoms with Gasteiger partial charge in [-0.1, -0.05) is 46.7 Å². The molecule has 0 radical (unpaired) electrons. The van der Waals surface area contributed by atoms with Gasteiger partial charge in [0.15, 0.2) is 4.80 Å². The average molecular weight is 636 g/mol. The van der Waals surface area contributed by atoms with Crippen LogP contribution in [0.2, 0.25) is 0 Å². The minimum atomic E-state index is -0.775. The van der Waals surface area contributed by atoms with Gasteiger partial charge in [0.05, 0.1) is 34.0 Å². The molecule has 7 nitrogen and oxygen atoms in total. The van der Waals surface area contributed by atoms with Crippen molar-refractivity contribution in [1.29, 1.82) is 0 Å². The number of rotatable bonds is 7. The molecule has 1 atom stereocenters. The predicted molar refractivity (Wildman–Crippen MR) is 146 cm³/mol. The van der Waals surface area contributed by atoms with Crippen LogP contribution in [0.1, 0.15) is 43.9 Å². The number of esters is 1. The van der Waals surface area contributed by atoms with Crippen molar-refractivity contribution in [2.45, 2.75) is 32.7 Å². The van der Waals surface area contributed by atoms with Gasteiger partial charge in [0.25, 0.3) is 5.56 Å². The van der Waals surface area contributed by atoms with E-state index >= 15 is 0 Å². The van der Waals surface area contributed by atoms with E-state index in [0.717, 1.165) is 16.5 Å². The molecule has 1 aliphatic rings. The molecule has 2 aromatic carbocycles. The second-order valence-corrected chi connectivity index (χ2v) is 10.8. The number of nitrogens with zero attached hydrogens (tertiary/aromatic N) is 2. The van der Waals surface area contributed by atoms with Crippen LogP contribution in [0.5, 0.6) is 11.5 Å². The molecule has 0 fully saturated rings. The highest BCUT2D eigenvalue weighted by molar-refractivity contribution is 9.10. The first kappa shape index (κ1) is 26.4. The number of benzene rings is 2. The van der Waals surface area contributed by atoms with Gasteiger partial charge < -0.3 is 14.6 Å². The third kappa shape index (κ3) is 5.07. The van der Waals surface area contributed by atoms with Crippen molar-refractivity contribution in [2.24, 2.45) is 4.99 Å². The number of halogens is 2. The second-order valence-electron chi connectivity index (χ2n) is 8.01. The Kier molecular flexibility index (Phi) is 8.17. The van der Waals surface area contributed by atoms with Crippen molar-refractivity contribution in [2.75, 3.05) is 13.7 Å². The molecule has 2 heterocycles. The first-order valence-electron chi connectivity index (χ1n) is 11.3. The Morgan fingerprint density at radius 1 is 1.22 bits per heavy atom. The van der Waals surface area contributed by atoms with Crippen LogP contribution < -0.4 is 19.6 Å². The normalized spacial score (nSPS) is 15.5. The number of aromatic nitrogens is 1. The van der Waals surface area contributed by atoms with Crippen LogP contribution >= 0.6 is 43.2 Å². The quantitative estimate of drug-likeness (QED) is 0.376. The Labute approximate surface area is 228 Å². The van der Waals surface area contributed by atoms with Crippen LogP contribution in [-0.2, 0) is 9.53 Å². The van der Waals surface area contributed by atoms with Crippen LogP contribution in [0.3, 0.4) is 0 Å². The number of carbonyl (C=O) groups excluding carboxylic acids is 1. The molecule has 1 N–H and O–H groups in total. The van der Waals surface area contributed by atoms with Gasteiger partial charge in [-0.05, 0) is 71.2 Å². The molecule has 0 bridgehead atoms. The van der Waals surface area contributed by atoms with E-state index < -0.39 is 12.0 Å². The number of ether oxygens (including phenoxy) is 2. The zero-order valence-corrected chi connectivity index (χ0v) is 23.9. The maximum absolute atomic E-state index is 13.8. The Morgan fingerprint density at radius 3 is 2.67 bits per heavy atom. The number of allylic oxidation sites excluding steroid dienone is 1.